The van der Waals surface area contributed by atoms with Crippen LogP contribution in [0.25, 0.3) is 0 Å². The molecule has 1 aliphatic rings. The molecular weight excluding hydrogens is 350 g/mol. The summed E-state index contributed by atoms with van der Waals surface area (Å²) < 4.78 is 5.46. The van der Waals surface area contributed by atoms with Gasteiger partial charge in [0.15, 0.2) is 0 Å². The average molecular weight is 380 g/mol. The molecule has 1 N–H and O–H groups in total. The zero-order chi connectivity index (χ0) is 19.3. The second-order valence-corrected chi connectivity index (χ2v) is 8.32. The number of ether oxygens (including phenoxy) is 1. The van der Waals surface area contributed by atoms with Gasteiger partial charge in [-0.3, -0.25) is 4.79 Å². The summed E-state index contributed by atoms with van der Waals surface area (Å²) in [4.78, 5) is 28.4. The van der Waals surface area contributed by atoms with Gasteiger partial charge in [-0.2, -0.15) is 0 Å². The summed E-state index contributed by atoms with van der Waals surface area (Å²) in [6.07, 6.45) is 0. The van der Waals surface area contributed by atoms with Crippen molar-refractivity contribution in [1.29, 1.82) is 0 Å². The standard InChI is InChI=1S/C19H29N3O3S/c1-6-21(18(24)20-19(2,3)4)11-12-22-16(23)13-26-17(22)14-9-7-8-10-15(14)25-5/h7-10,17H,6,11-13H2,1-5H3,(H,20,24)/t17-/m1/s1. The highest BCUT2D eigenvalue weighted by atomic mass is 32.2. The molecular formula is C19H29N3O3S. The first-order valence-electron chi connectivity index (χ1n) is 8.88. The molecule has 0 unspecified atom stereocenters. The largest absolute Gasteiger partial charge is 0.496 e. The van der Waals surface area contributed by atoms with Gasteiger partial charge >= 0.3 is 6.03 Å². The quantitative estimate of drug-likeness (QED) is 0.825. The Morgan fingerprint density at radius 1 is 1.38 bits per heavy atom. The number of carbonyl (C=O) groups excluding carboxylic acids is 2. The number of nitrogens with zero attached hydrogens (tertiary/aromatic N) is 2. The highest BCUT2D eigenvalue weighted by molar-refractivity contribution is 8.00. The van der Waals surface area contributed by atoms with Crippen LogP contribution in [-0.4, -0.2) is 59.8 Å². The third kappa shape index (κ3) is 5.06. The van der Waals surface area contributed by atoms with Gasteiger partial charge in [0.1, 0.15) is 11.1 Å². The van der Waals surface area contributed by atoms with E-state index in [0.29, 0.717) is 25.4 Å². The number of hydrogen-bond acceptors (Lipinski definition) is 4. The van der Waals surface area contributed by atoms with E-state index in [1.807, 2.05) is 56.9 Å². The third-order valence-corrected chi connectivity index (χ3v) is 5.37. The summed E-state index contributed by atoms with van der Waals surface area (Å²) in [5.74, 6) is 1.32. The van der Waals surface area contributed by atoms with Crippen molar-refractivity contribution in [3.8, 4) is 5.75 Å². The first-order chi connectivity index (χ1) is 12.3. The fourth-order valence-electron chi connectivity index (χ4n) is 2.86. The minimum atomic E-state index is -0.288. The Morgan fingerprint density at radius 2 is 2.08 bits per heavy atom. The van der Waals surface area contributed by atoms with E-state index in [1.165, 1.54) is 0 Å². The van der Waals surface area contributed by atoms with E-state index in [9.17, 15) is 9.59 Å². The highest BCUT2D eigenvalue weighted by Gasteiger charge is 2.34. The van der Waals surface area contributed by atoms with Crippen LogP contribution in [-0.2, 0) is 4.79 Å². The Kier molecular flexibility index (Phi) is 6.81. The van der Waals surface area contributed by atoms with E-state index in [2.05, 4.69) is 5.32 Å². The van der Waals surface area contributed by atoms with Gasteiger partial charge in [-0.1, -0.05) is 18.2 Å². The zero-order valence-corrected chi connectivity index (χ0v) is 17.1. The molecule has 1 heterocycles. The molecule has 26 heavy (non-hydrogen) atoms. The minimum absolute atomic E-state index is 0.0805. The first kappa shape index (κ1) is 20.4. The van der Waals surface area contributed by atoms with Gasteiger partial charge in [0.05, 0.1) is 12.9 Å². The number of benzene rings is 1. The number of carbonyl (C=O) groups is 2. The summed E-state index contributed by atoms with van der Waals surface area (Å²) in [5.41, 5.74) is 0.706. The molecule has 1 aliphatic heterocycles. The van der Waals surface area contributed by atoms with E-state index in [1.54, 1.807) is 23.8 Å². The minimum Gasteiger partial charge on any atom is -0.496 e. The van der Waals surface area contributed by atoms with Crippen molar-refractivity contribution in [2.75, 3.05) is 32.5 Å². The van der Waals surface area contributed by atoms with Crippen LogP contribution in [0.4, 0.5) is 4.79 Å². The number of thioether (sulfide) groups is 1. The molecule has 1 aromatic rings. The predicted molar refractivity (Wildman–Crippen MR) is 105 cm³/mol. The lowest BCUT2D eigenvalue weighted by molar-refractivity contribution is -0.128. The molecule has 0 spiro atoms. The van der Waals surface area contributed by atoms with Crippen molar-refractivity contribution >= 4 is 23.7 Å². The Balaban J connectivity index is 2.08. The van der Waals surface area contributed by atoms with Crippen LogP contribution < -0.4 is 10.1 Å². The molecule has 0 radical (unpaired) electrons. The van der Waals surface area contributed by atoms with Crippen molar-refractivity contribution in [2.45, 2.75) is 38.6 Å². The number of urea groups is 1. The number of nitrogens with one attached hydrogen (secondary N) is 1. The number of para-hydroxylation sites is 1. The van der Waals surface area contributed by atoms with E-state index >= 15 is 0 Å². The van der Waals surface area contributed by atoms with Gasteiger partial charge in [0.2, 0.25) is 5.91 Å². The SMILES string of the molecule is CCN(CCN1C(=O)CS[C@@H]1c1ccccc1OC)C(=O)NC(C)(C)C. The van der Waals surface area contributed by atoms with Gasteiger partial charge in [-0.05, 0) is 33.8 Å². The van der Waals surface area contributed by atoms with Crippen molar-refractivity contribution in [3.05, 3.63) is 29.8 Å². The second-order valence-electron chi connectivity index (χ2n) is 7.25. The molecule has 0 aromatic heterocycles. The highest BCUT2D eigenvalue weighted by Crippen LogP contribution is 2.42. The summed E-state index contributed by atoms with van der Waals surface area (Å²) in [7, 11) is 1.64. The topological polar surface area (TPSA) is 61.9 Å². The molecule has 1 fully saturated rings. The third-order valence-electron chi connectivity index (χ3n) is 4.13. The maximum atomic E-state index is 12.4. The Labute approximate surface area is 160 Å². The lowest BCUT2D eigenvalue weighted by Crippen LogP contribution is -2.50. The maximum Gasteiger partial charge on any atom is 0.317 e. The lowest BCUT2D eigenvalue weighted by Gasteiger charge is -2.31. The van der Waals surface area contributed by atoms with Crippen molar-refractivity contribution in [1.82, 2.24) is 15.1 Å². The van der Waals surface area contributed by atoms with E-state index < -0.39 is 0 Å². The van der Waals surface area contributed by atoms with Gasteiger partial charge in [-0.15, -0.1) is 11.8 Å². The van der Waals surface area contributed by atoms with Crippen molar-refractivity contribution in [3.63, 3.8) is 0 Å². The molecule has 6 nitrogen and oxygen atoms in total. The van der Waals surface area contributed by atoms with Crippen LogP contribution in [0.5, 0.6) is 5.75 Å². The van der Waals surface area contributed by atoms with Crippen molar-refractivity contribution in [2.24, 2.45) is 0 Å². The van der Waals surface area contributed by atoms with Crippen LogP contribution >= 0.6 is 11.8 Å². The monoisotopic (exact) mass is 379 g/mol. The van der Waals surface area contributed by atoms with Gasteiger partial charge in [0, 0.05) is 30.7 Å². The molecule has 3 amide bonds. The molecule has 1 atom stereocenters. The van der Waals surface area contributed by atoms with Gasteiger partial charge < -0.3 is 19.9 Å². The van der Waals surface area contributed by atoms with Crippen LogP contribution in [0.2, 0.25) is 0 Å². The summed E-state index contributed by atoms with van der Waals surface area (Å²) in [5, 5.41) is 2.90. The number of rotatable bonds is 6. The van der Waals surface area contributed by atoms with Crippen LogP contribution in [0.15, 0.2) is 24.3 Å². The molecule has 144 valence electrons. The first-order valence-corrected chi connectivity index (χ1v) is 9.92. The normalized spacial score (nSPS) is 17.3. The van der Waals surface area contributed by atoms with Crippen LogP contribution in [0, 0.1) is 0 Å². The number of likely N-dealkylation sites (N-methyl/N-ethyl adjacent to an activating group) is 1. The number of methoxy groups -OCH3 is 1. The second kappa shape index (κ2) is 8.66. The lowest BCUT2D eigenvalue weighted by atomic mass is 10.1. The zero-order valence-electron chi connectivity index (χ0n) is 16.2. The fraction of sp³-hybridized carbons (Fsp3) is 0.579. The predicted octanol–water partition coefficient (Wildman–Crippen LogP) is 3.10. The van der Waals surface area contributed by atoms with E-state index in [4.69, 9.17) is 4.74 Å². The van der Waals surface area contributed by atoms with Gasteiger partial charge in [0.25, 0.3) is 0 Å². The van der Waals surface area contributed by atoms with Crippen molar-refractivity contribution < 1.29 is 14.3 Å². The maximum absolute atomic E-state index is 12.4. The molecule has 7 heteroatoms. The molecule has 2 rings (SSSR count). The molecule has 1 aromatic carbocycles. The molecule has 0 aliphatic carbocycles. The molecule has 0 saturated carbocycles. The van der Waals surface area contributed by atoms with E-state index in [0.717, 1.165) is 11.3 Å². The smallest absolute Gasteiger partial charge is 0.317 e. The van der Waals surface area contributed by atoms with Crippen LogP contribution in [0.1, 0.15) is 38.6 Å². The summed E-state index contributed by atoms with van der Waals surface area (Å²) in [6, 6.07) is 7.67. The molecule has 0 bridgehead atoms. The number of amides is 3. The summed E-state index contributed by atoms with van der Waals surface area (Å²) >= 11 is 1.60. The Hall–Kier alpha value is -1.89. The van der Waals surface area contributed by atoms with E-state index in [-0.39, 0.29) is 22.9 Å². The Bertz CT molecular complexity index is 645. The molecule has 1 saturated heterocycles. The van der Waals surface area contributed by atoms with Gasteiger partial charge in [-0.25, -0.2) is 4.79 Å². The number of hydrogen-bond donors (Lipinski definition) is 1. The average Bonchev–Trinajstić information content (AvgIpc) is 2.94. The Morgan fingerprint density at radius 3 is 2.69 bits per heavy atom. The van der Waals surface area contributed by atoms with Crippen LogP contribution in [0.3, 0.4) is 0 Å². The fourth-order valence-corrected chi connectivity index (χ4v) is 4.10. The summed E-state index contributed by atoms with van der Waals surface area (Å²) in [6.45, 7) is 9.40.